The predicted molar refractivity (Wildman–Crippen MR) is 146 cm³/mol. The van der Waals surface area contributed by atoms with E-state index in [0.29, 0.717) is 31.9 Å². The Balaban J connectivity index is 1.17. The van der Waals surface area contributed by atoms with Crippen molar-refractivity contribution in [3.05, 3.63) is 120 Å². The highest BCUT2D eigenvalue weighted by molar-refractivity contribution is 5.78. The lowest BCUT2D eigenvalue weighted by Crippen LogP contribution is -2.50. The van der Waals surface area contributed by atoms with Gasteiger partial charge in [0.2, 0.25) is 5.91 Å². The van der Waals surface area contributed by atoms with Gasteiger partial charge in [-0.3, -0.25) is 4.79 Å². The molecule has 1 unspecified atom stereocenters. The summed E-state index contributed by atoms with van der Waals surface area (Å²) in [4.78, 5) is 15.2. The number of rotatable bonds is 9. The number of fused-ring (bicyclic) bond motifs is 2. The number of likely N-dealkylation sites (tertiary alicyclic amines) is 1. The van der Waals surface area contributed by atoms with Crippen LogP contribution in [-0.2, 0) is 32.9 Å². The van der Waals surface area contributed by atoms with Gasteiger partial charge in [0.05, 0.1) is 24.5 Å². The van der Waals surface area contributed by atoms with Crippen LogP contribution in [0.25, 0.3) is 0 Å². The lowest BCUT2D eigenvalue weighted by Gasteiger charge is -2.45. The first-order chi connectivity index (χ1) is 18.1. The minimum absolute atomic E-state index is 0.0573. The number of hydrogen-bond donors (Lipinski definition) is 1. The number of amides is 1. The molecule has 0 saturated carbocycles. The maximum absolute atomic E-state index is 13.2. The van der Waals surface area contributed by atoms with Crippen molar-refractivity contribution < 1.29 is 14.3 Å². The third-order valence-electron chi connectivity index (χ3n) is 7.60. The average Bonchev–Trinajstić information content (AvgIpc) is 2.96. The zero-order chi connectivity index (χ0) is 25.5. The number of ether oxygens (including phenoxy) is 2. The van der Waals surface area contributed by atoms with Crippen LogP contribution in [0.5, 0.6) is 0 Å². The molecule has 1 atom stereocenters. The van der Waals surface area contributed by atoms with Crippen molar-refractivity contribution in [3.63, 3.8) is 0 Å². The van der Waals surface area contributed by atoms with Gasteiger partial charge in [0, 0.05) is 25.6 Å². The zero-order valence-electron chi connectivity index (χ0n) is 21.4. The van der Waals surface area contributed by atoms with Crippen LogP contribution in [-0.4, -0.2) is 37.0 Å². The van der Waals surface area contributed by atoms with E-state index in [4.69, 9.17) is 9.47 Å². The van der Waals surface area contributed by atoms with Crippen LogP contribution in [0.3, 0.4) is 0 Å². The van der Waals surface area contributed by atoms with Gasteiger partial charge in [-0.05, 0) is 41.5 Å². The molecule has 3 aromatic carbocycles. The number of carbonyl (C=O) groups excluding carboxylic acids is 1. The molecule has 1 N–H and O–H groups in total. The lowest BCUT2D eigenvalue weighted by atomic mass is 9.79. The molecular formula is C32H36N2O3. The van der Waals surface area contributed by atoms with Crippen molar-refractivity contribution in [2.75, 3.05) is 26.2 Å². The van der Waals surface area contributed by atoms with E-state index in [1.165, 1.54) is 11.1 Å². The summed E-state index contributed by atoms with van der Waals surface area (Å²) >= 11 is 0. The van der Waals surface area contributed by atoms with Crippen LogP contribution < -0.4 is 5.32 Å². The van der Waals surface area contributed by atoms with Gasteiger partial charge >= 0.3 is 0 Å². The standard InChI is InChI=1S/C32H36N2O3/c1-25(36-24-26-10-4-2-5-11-26)22-30(28-13-6-3-7-14-28)33-23-31(35)34-19-17-32(18-20-34)29-15-9-8-12-27(29)16-21-37-32/h2-15,30,33H,1,16-24H2. The van der Waals surface area contributed by atoms with E-state index >= 15 is 0 Å². The molecular weight excluding hydrogens is 460 g/mol. The molecule has 5 nitrogen and oxygen atoms in total. The third-order valence-corrected chi connectivity index (χ3v) is 7.60. The summed E-state index contributed by atoms with van der Waals surface area (Å²) in [6.45, 7) is 7.07. The second-order valence-corrected chi connectivity index (χ2v) is 9.99. The Morgan fingerprint density at radius 1 is 0.973 bits per heavy atom. The largest absolute Gasteiger partial charge is 0.494 e. The highest BCUT2D eigenvalue weighted by Crippen LogP contribution is 2.41. The molecule has 2 aliphatic rings. The molecule has 3 aromatic rings. The smallest absolute Gasteiger partial charge is 0.236 e. The maximum atomic E-state index is 13.2. The van der Waals surface area contributed by atoms with Crippen LogP contribution in [0, 0.1) is 0 Å². The van der Waals surface area contributed by atoms with Crippen molar-refractivity contribution in [1.29, 1.82) is 0 Å². The summed E-state index contributed by atoms with van der Waals surface area (Å²) in [6, 6.07) is 28.8. The van der Waals surface area contributed by atoms with E-state index in [2.05, 4.69) is 48.3 Å². The van der Waals surface area contributed by atoms with E-state index in [1.54, 1.807) is 0 Å². The van der Waals surface area contributed by atoms with E-state index in [9.17, 15) is 4.79 Å². The highest BCUT2D eigenvalue weighted by atomic mass is 16.5. The minimum Gasteiger partial charge on any atom is -0.494 e. The van der Waals surface area contributed by atoms with Crippen LogP contribution in [0.15, 0.2) is 97.3 Å². The zero-order valence-corrected chi connectivity index (χ0v) is 21.4. The van der Waals surface area contributed by atoms with Gasteiger partial charge < -0.3 is 19.7 Å². The van der Waals surface area contributed by atoms with E-state index in [1.807, 2.05) is 53.4 Å². The Morgan fingerprint density at radius 3 is 2.41 bits per heavy atom. The molecule has 5 heteroatoms. The molecule has 2 heterocycles. The third kappa shape index (κ3) is 6.12. The van der Waals surface area contributed by atoms with E-state index < -0.39 is 0 Å². The van der Waals surface area contributed by atoms with Gasteiger partial charge in [-0.15, -0.1) is 0 Å². The van der Waals surface area contributed by atoms with Crippen LogP contribution >= 0.6 is 0 Å². The molecule has 192 valence electrons. The number of carbonyl (C=O) groups is 1. The maximum Gasteiger partial charge on any atom is 0.236 e. The number of nitrogens with zero attached hydrogens (tertiary/aromatic N) is 1. The monoisotopic (exact) mass is 496 g/mol. The molecule has 2 aliphatic heterocycles. The number of hydrogen-bond acceptors (Lipinski definition) is 4. The molecule has 1 fully saturated rings. The van der Waals surface area contributed by atoms with Crippen LogP contribution in [0.1, 0.15) is 47.6 Å². The fourth-order valence-corrected chi connectivity index (χ4v) is 5.51. The SMILES string of the molecule is C=C(CC(NCC(=O)N1CCC2(CC1)OCCc1ccccc12)c1ccccc1)OCc1ccccc1. The van der Waals surface area contributed by atoms with Gasteiger partial charge in [0.25, 0.3) is 0 Å². The average molecular weight is 497 g/mol. The summed E-state index contributed by atoms with van der Waals surface area (Å²) in [5.41, 5.74) is 4.67. The second kappa shape index (κ2) is 11.8. The normalized spacial score (nSPS) is 17.1. The number of nitrogens with one attached hydrogen (secondary N) is 1. The topological polar surface area (TPSA) is 50.8 Å². The van der Waals surface area contributed by atoms with Crippen molar-refractivity contribution in [1.82, 2.24) is 10.2 Å². The second-order valence-electron chi connectivity index (χ2n) is 9.99. The van der Waals surface area contributed by atoms with Gasteiger partial charge in [0.1, 0.15) is 6.61 Å². The number of benzene rings is 3. The Morgan fingerprint density at radius 2 is 1.65 bits per heavy atom. The van der Waals surface area contributed by atoms with Gasteiger partial charge in [-0.1, -0.05) is 91.5 Å². The van der Waals surface area contributed by atoms with Crippen molar-refractivity contribution >= 4 is 5.91 Å². The molecule has 0 aromatic heterocycles. The first-order valence-electron chi connectivity index (χ1n) is 13.3. The van der Waals surface area contributed by atoms with Crippen molar-refractivity contribution in [3.8, 4) is 0 Å². The lowest BCUT2D eigenvalue weighted by molar-refractivity contribution is -0.140. The number of piperidine rings is 1. The summed E-state index contributed by atoms with van der Waals surface area (Å²) in [6.07, 6.45) is 3.23. The summed E-state index contributed by atoms with van der Waals surface area (Å²) in [7, 11) is 0. The van der Waals surface area contributed by atoms with E-state index in [-0.39, 0.29) is 24.1 Å². The first kappa shape index (κ1) is 25.2. The van der Waals surface area contributed by atoms with Crippen LogP contribution in [0.4, 0.5) is 0 Å². The van der Waals surface area contributed by atoms with Gasteiger partial charge in [-0.2, -0.15) is 0 Å². The molecule has 1 spiro atoms. The highest BCUT2D eigenvalue weighted by Gasteiger charge is 2.41. The minimum atomic E-state index is -0.251. The predicted octanol–water partition coefficient (Wildman–Crippen LogP) is 5.53. The summed E-state index contributed by atoms with van der Waals surface area (Å²) < 4.78 is 12.3. The fraction of sp³-hybridized carbons (Fsp3) is 0.344. The molecule has 0 radical (unpaired) electrons. The van der Waals surface area contributed by atoms with Crippen LogP contribution in [0.2, 0.25) is 0 Å². The van der Waals surface area contributed by atoms with Crippen molar-refractivity contribution in [2.45, 2.75) is 43.9 Å². The molecule has 1 saturated heterocycles. The molecule has 0 aliphatic carbocycles. The molecule has 1 amide bonds. The summed E-state index contributed by atoms with van der Waals surface area (Å²) in [5, 5.41) is 3.49. The Bertz CT molecular complexity index is 1190. The Hall–Kier alpha value is -3.41. The molecule has 5 rings (SSSR count). The molecule has 0 bridgehead atoms. The van der Waals surface area contributed by atoms with Gasteiger partial charge in [-0.25, -0.2) is 0 Å². The van der Waals surface area contributed by atoms with Crippen molar-refractivity contribution in [2.24, 2.45) is 0 Å². The van der Waals surface area contributed by atoms with Gasteiger partial charge in [0.15, 0.2) is 0 Å². The first-order valence-corrected chi connectivity index (χ1v) is 13.3. The quantitative estimate of drug-likeness (QED) is 0.396. The fourth-order valence-electron chi connectivity index (χ4n) is 5.51. The summed E-state index contributed by atoms with van der Waals surface area (Å²) in [5.74, 6) is 0.821. The molecule has 37 heavy (non-hydrogen) atoms. The Kier molecular flexibility index (Phi) is 8.02. The van der Waals surface area contributed by atoms with E-state index in [0.717, 1.165) is 37.0 Å². The Labute approximate surface area is 220 Å².